The molecule has 0 saturated heterocycles. The van der Waals surface area contributed by atoms with Gasteiger partial charge < -0.3 is 5.11 Å². The van der Waals surface area contributed by atoms with Crippen molar-refractivity contribution < 1.29 is 18.3 Å². The Morgan fingerprint density at radius 2 is 1.94 bits per heavy atom. The number of nitrogens with one attached hydrogen (secondary N) is 1. The predicted octanol–water partition coefficient (Wildman–Crippen LogP) is 1.03. The number of carboxylic acid groups (broad SMARTS) is 1. The average molecular weight is 275 g/mol. The van der Waals surface area contributed by atoms with Gasteiger partial charge >= 0.3 is 5.97 Å². The van der Waals surface area contributed by atoms with Crippen molar-refractivity contribution in [2.24, 2.45) is 0 Å². The molecule has 1 aromatic rings. The van der Waals surface area contributed by atoms with Crippen LogP contribution in [0, 0.1) is 0 Å². The molecule has 0 fully saturated rings. The molecule has 0 aliphatic heterocycles. The van der Waals surface area contributed by atoms with Crippen LogP contribution in [0.25, 0.3) is 0 Å². The first-order valence-electron chi connectivity index (χ1n) is 4.79. The minimum Gasteiger partial charge on any atom is -0.478 e. The van der Waals surface area contributed by atoms with Crippen molar-refractivity contribution in [3.8, 4) is 0 Å². The number of carbonyl (C=O) groups is 1. The highest BCUT2D eigenvalue weighted by Gasteiger charge is 2.13. The summed E-state index contributed by atoms with van der Waals surface area (Å²) in [6.45, 7) is 0.351. The summed E-state index contributed by atoms with van der Waals surface area (Å²) in [6, 6.07) is 5.10. The normalized spacial score (nSPS) is 11.4. The summed E-state index contributed by atoms with van der Waals surface area (Å²) in [4.78, 5) is 10.7. The fourth-order valence-corrected chi connectivity index (χ4v) is 2.61. The number of benzene rings is 1. The fourth-order valence-electron chi connectivity index (χ4n) is 1.14. The number of hydrogen-bond acceptors (Lipinski definition) is 4. The van der Waals surface area contributed by atoms with Gasteiger partial charge in [-0.05, 0) is 30.5 Å². The number of thioether (sulfide) groups is 1. The molecule has 7 heteroatoms. The molecule has 2 N–H and O–H groups in total. The minimum atomic E-state index is -3.53. The molecule has 0 aliphatic rings. The summed E-state index contributed by atoms with van der Waals surface area (Å²) < 4.78 is 25.9. The van der Waals surface area contributed by atoms with Crippen LogP contribution >= 0.6 is 11.8 Å². The third-order valence-corrected chi connectivity index (χ3v) is 4.10. The summed E-state index contributed by atoms with van der Waals surface area (Å²) >= 11 is 1.54. The first kappa shape index (κ1) is 14.0. The third kappa shape index (κ3) is 4.03. The van der Waals surface area contributed by atoms with Crippen molar-refractivity contribution in [2.75, 3.05) is 18.6 Å². The zero-order valence-corrected chi connectivity index (χ0v) is 10.8. The van der Waals surface area contributed by atoms with Crippen molar-refractivity contribution in [1.29, 1.82) is 0 Å². The Kier molecular flexibility index (Phi) is 4.98. The maximum atomic E-state index is 11.7. The Morgan fingerprint density at radius 3 is 2.41 bits per heavy atom. The molecule has 0 aliphatic carbocycles. The van der Waals surface area contributed by atoms with Gasteiger partial charge in [-0.2, -0.15) is 11.8 Å². The van der Waals surface area contributed by atoms with Crippen LogP contribution < -0.4 is 4.72 Å². The van der Waals surface area contributed by atoms with E-state index in [0.29, 0.717) is 12.3 Å². The fraction of sp³-hybridized carbons (Fsp3) is 0.300. The lowest BCUT2D eigenvalue weighted by molar-refractivity contribution is 0.0697. The van der Waals surface area contributed by atoms with Gasteiger partial charge in [0.1, 0.15) is 0 Å². The summed E-state index contributed by atoms with van der Waals surface area (Å²) in [5.41, 5.74) is 0.0630. The van der Waals surface area contributed by atoms with E-state index < -0.39 is 16.0 Å². The van der Waals surface area contributed by atoms with E-state index in [-0.39, 0.29) is 10.5 Å². The van der Waals surface area contributed by atoms with Crippen LogP contribution in [0.4, 0.5) is 0 Å². The minimum absolute atomic E-state index is 0.0630. The van der Waals surface area contributed by atoms with Crippen LogP contribution in [0.2, 0.25) is 0 Å². The highest BCUT2D eigenvalue weighted by molar-refractivity contribution is 7.98. The molecule has 1 aromatic carbocycles. The smallest absolute Gasteiger partial charge is 0.335 e. The molecule has 0 aromatic heterocycles. The monoisotopic (exact) mass is 275 g/mol. The van der Waals surface area contributed by atoms with E-state index in [1.54, 1.807) is 0 Å². The van der Waals surface area contributed by atoms with Crippen molar-refractivity contribution >= 4 is 27.8 Å². The van der Waals surface area contributed by atoms with Crippen LogP contribution in [0.5, 0.6) is 0 Å². The lowest BCUT2D eigenvalue weighted by Gasteiger charge is -2.05. The molecule has 0 amide bonds. The molecule has 0 unspecified atom stereocenters. The zero-order chi connectivity index (χ0) is 12.9. The maximum absolute atomic E-state index is 11.7. The van der Waals surface area contributed by atoms with Gasteiger partial charge in [-0.15, -0.1) is 0 Å². The summed E-state index contributed by atoms with van der Waals surface area (Å²) in [6.07, 6.45) is 1.88. The highest BCUT2D eigenvalue weighted by Crippen LogP contribution is 2.10. The Hall–Kier alpha value is -1.05. The van der Waals surface area contributed by atoms with Crippen LogP contribution in [0.3, 0.4) is 0 Å². The van der Waals surface area contributed by atoms with Crippen LogP contribution in [-0.4, -0.2) is 38.0 Å². The third-order valence-electron chi connectivity index (χ3n) is 2.01. The topological polar surface area (TPSA) is 83.5 Å². The molecule has 94 valence electrons. The number of hydrogen-bond donors (Lipinski definition) is 2. The molecule has 1 rings (SSSR count). The quantitative estimate of drug-likeness (QED) is 0.757. The van der Waals surface area contributed by atoms with Gasteiger partial charge in [-0.25, -0.2) is 17.9 Å². The standard InChI is InChI=1S/C10H13NO4S2/c1-16-7-6-11-17(14,15)9-4-2-8(3-5-9)10(12)13/h2-5,11H,6-7H2,1H3,(H,12,13). The predicted molar refractivity (Wildman–Crippen MR) is 67.0 cm³/mol. The van der Waals surface area contributed by atoms with Gasteiger partial charge in [0.15, 0.2) is 0 Å². The molecule has 0 radical (unpaired) electrons. The van der Waals surface area contributed by atoms with Gasteiger partial charge in [-0.3, -0.25) is 0 Å². The lowest BCUT2D eigenvalue weighted by Crippen LogP contribution is -2.26. The van der Waals surface area contributed by atoms with E-state index in [1.165, 1.54) is 36.0 Å². The van der Waals surface area contributed by atoms with E-state index in [4.69, 9.17) is 5.11 Å². The number of rotatable bonds is 6. The summed E-state index contributed by atoms with van der Waals surface area (Å²) in [7, 11) is -3.53. The van der Waals surface area contributed by atoms with Gasteiger partial charge in [0.2, 0.25) is 10.0 Å². The number of carboxylic acids is 1. The SMILES string of the molecule is CSCCNS(=O)(=O)c1ccc(C(=O)O)cc1. The highest BCUT2D eigenvalue weighted by atomic mass is 32.2. The second kappa shape index (κ2) is 6.04. The van der Waals surface area contributed by atoms with Crippen LogP contribution in [-0.2, 0) is 10.0 Å². The Bertz CT molecular complexity index is 482. The van der Waals surface area contributed by atoms with E-state index in [1.807, 2.05) is 6.26 Å². The largest absolute Gasteiger partial charge is 0.478 e. The Balaban J connectivity index is 2.81. The first-order chi connectivity index (χ1) is 7.97. The summed E-state index contributed by atoms with van der Waals surface area (Å²) in [5, 5.41) is 8.68. The van der Waals surface area contributed by atoms with Gasteiger partial charge in [-0.1, -0.05) is 0 Å². The van der Waals surface area contributed by atoms with E-state index >= 15 is 0 Å². The second-order valence-corrected chi connectivity index (χ2v) is 5.97. The zero-order valence-electron chi connectivity index (χ0n) is 9.21. The molecule has 0 heterocycles. The van der Waals surface area contributed by atoms with Gasteiger partial charge in [0, 0.05) is 12.3 Å². The molecule has 0 spiro atoms. The van der Waals surface area contributed by atoms with Crippen molar-refractivity contribution in [1.82, 2.24) is 4.72 Å². The van der Waals surface area contributed by atoms with E-state index in [2.05, 4.69) is 4.72 Å². The summed E-state index contributed by atoms with van der Waals surface area (Å²) in [5.74, 6) is -0.392. The molecular weight excluding hydrogens is 262 g/mol. The first-order valence-corrected chi connectivity index (χ1v) is 7.67. The average Bonchev–Trinajstić information content (AvgIpc) is 2.29. The molecule has 0 bridgehead atoms. The molecule has 0 atom stereocenters. The maximum Gasteiger partial charge on any atom is 0.335 e. The number of sulfonamides is 1. The molecule has 0 saturated carbocycles. The van der Waals surface area contributed by atoms with E-state index in [9.17, 15) is 13.2 Å². The Labute approximate surface area is 104 Å². The molecule has 17 heavy (non-hydrogen) atoms. The van der Waals surface area contributed by atoms with Gasteiger partial charge in [0.25, 0.3) is 0 Å². The second-order valence-electron chi connectivity index (χ2n) is 3.22. The van der Waals surface area contributed by atoms with Crippen LogP contribution in [0.15, 0.2) is 29.2 Å². The lowest BCUT2D eigenvalue weighted by atomic mass is 10.2. The van der Waals surface area contributed by atoms with Crippen molar-refractivity contribution in [3.05, 3.63) is 29.8 Å². The van der Waals surface area contributed by atoms with Crippen molar-refractivity contribution in [2.45, 2.75) is 4.90 Å². The molecule has 5 nitrogen and oxygen atoms in total. The van der Waals surface area contributed by atoms with E-state index in [0.717, 1.165) is 0 Å². The molecular formula is C10H13NO4S2. The van der Waals surface area contributed by atoms with Gasteiger partial charge in [0.05, 0.1) is 10.5 Å². The van der Waals surface area contributed by atoms with Crippen molar-refractivity contribution in [3.63, 3.8) is 0 Å². The Morgan fingerprint density at radius 1 is 1.35 bits per heavy atom. The van der Waals surface area contributed by atoms with Crippen LogP contribution in [0.1, 0.15) is 10.4 Å². The number of aromatic carboxylic acids is 1.